The molecule has 0 N–H and O–H groups in total. The third-order valence-corrected chi connectivity index (χ3v) is 5.24. The van der Waals surface area contributed by atoms with Gasteiger partial charge in [0.1, 0.15) is 0 Å². The van der Waals surface area contributed by atoms with Crippen LogP contribution in [0.2, 0.25) is 0 Å². The molecule has 1 saturated heterocycles. The third-order valence-electron chi connectivity index (χ3n) is 4.01. The SMILES string of the molecule is CC1CCCCCN1CCCCc1nc(CCl)cs1. The summed E-state index contributed by atoms with van der Waals surface area (Å²) < 4.78 is 0. The molecule has 0 aliphatic carbocycles. The lowest BCUT2D eigenvalue weighted by Crippen LogP contribution is -2.33. The fourth-order valence-corrected chi connectivity index (χ4v) is 3.85. The van der Waals surface area contributed by atoms with Crippen molar-refractivity contribution in [2.45, 2.75) is 63.8 Å². The van der Waals surface area contributed by atoms with Gasteiger partial charge in [0.2, 0.25) is 0 Å². The van der Waals surface area contributed by atoms with Crippen molar-refractivity contribution >= 4 is 22.9 Å². The summed E-state index contributed by atoms with van der Waals surface area (Å²) in [7, 11) is 0. The zero-order valence-electron chi connectivity index (χ0n) is 11.9. The van der Waals surface area contributed by atoms with E-state index in [9.17, 15) is 0 Å². The van der Waals surface area contributed by atoms with Gasteiger partial charge in [-0.2, -0.15) is 0 Å². The summed E-state index contributed by atoms with van der Waals surface area (Å²) in [6, 6.07) is 0.783. The van der Waals surface area contributed by atoms with E-state index in [1.165, 1.54) is 56.6 Å². The molecule has 2 rings (SSSR count). The van der Waals surface area contributed by atoms with E-state index in [-0.39, 0.29) is 0 Å². The Morgan fingerprint density at radius 1 is 1.37 bits per heavy atom. The molecule has 1 aliphatic heterocycles. The Hall–Kier alpha value is -0.120. The van der Waals surface area contributed by atoms with E-state index in [1.807, 2.05) is 0 Å². The number of aromatic nitrogens is 1. The molecular formula is C15H25ClN2S. The van der Waals surface area contributed by atoms with Gasteiger partial charge in [-0.3, -0.25) is 0 Å². The largest absolute Gasteiger partial charge is 0.301 e. The summed E-state index contributed by atoms with van der Waals surface area (Å²) in [6.07, 6.45) is 9.25. The average Bonchev–Trinajstić information content (AvgIpc) is 2.79. The predicted molar refractivity (Wildman–Crippen MR) is 84.1 cm³/mol. The molecule has 0 saturated carbocycles. The van der Waals surface area contributed by atoms with Crippen LogP contribution in [0.25, 0.3) is 0 Å². The Balaban J connectivity index is 1.65. The highest BCUT2D eigenvalue weighted by Gasteiger charge is 2.15. The lowest BCUT2D eigenvalue weighted by Gasteiger charge is -2.26. The maximum Gasteiger partial charge on any atom is 0.0928 e. The maximum absolute atomic E-state index is 5.77. The second-order valence-electron chi connectivity index (χ2n) is 5.56. The number of likely N-dealkylation sites (tertiary alicyclic amines) is 1. The van der Waals surface area contributed by atoms with Gasteiger partial charge in [0.05, 0.1) is 16.6 Å². The summed E-state index contributed by atoms with van der Waals surface area (Å²) >= 11 is 7.53. The fourth-order valence-electron chi connectivity index (χ4n) is 2.78. The Bertz CT molecular complexity index is 367. The number of alkyl halides is 1. The van der Waals surface area contributed by atoms with E-state index in [4.69, 9.17) is 11.6 Å². The maximum atomic E-state index is 5.77. The van der Waals surface area contributed by atoms with Crippen molar-refractivity contribution in [3.63, 3.8) is 0 Å². The van der Waals surface area contributed by atoms with E-state index in [2.05, 4.69) is 22.2 Å². The smallest absolute Gasteiger partial charge is 0.0928 e. The first kappa shape index (κ1) is 15.3. The number of aryl methyl sites for hydroxylation is 1. The van der Waals surface area contributed by atoms with Crippen LogP contribution in [-0.4, -0.2) is 29.0 Å². The molecular weight excluding hydrogens is 276 g/mol. The second kappa shape index (κ2) is 8.23. The van der Waals surface area contributed by atoms with Gasteiger partial charge in [-0.25, -0.2) is 4.98 Å². The van der Waals surface area contributed by atoms with Crippen molar-refractivity contribution < 1.29 is 0 Å². The molecule has 1 aliphatic rings. The standard InChI is InChI=1S/C15H25ClN2S/c1-13-7-3-2-5-9-18(13)10-6-4-8-15-17-14(11-16)12-19-15/h12-13H,2-11H2,1H3. The van der Waals surface area contributed by atoms with Crippen LogP contribution in [0.4, 0.5) is 0 Å². The number of hydrogen-bond acceptors (Lipinski definition) is 3. The molecule has 1 atom stereocenters. The van der Waals surface area contributed by atoms with Gasteiger partial charge in [-0.1, -0.05) is 12.8 Å². The van der Waals surface area contributed by atoms with Crippen LogP contribution in [-0.2, 0) is 12.3 Å². The molecule has 0 aromatic carbocycles. The summed E-state index contributed by atoms with van der Waals surface area (Å²) in [6.45, 7) is 4.95. The van der Waals surface area contributed by atoms with Crippen LogP contribution in [0.5, 0.6) is 0 Å². The van der Waals surface area contributed by atoms with Crippen LogP contribution in [0.15, 0.2) is 5.38 Å². The number of nitrogens with zero attached hydrogens (tertiary/aromatic N) is 2. The van der Waals surface area contributed by atoms with Crippen molar-refractivity contribution in [1.29, 1.82) is 0 Å². The predicted octanol–water partition coefficient (Wildman–Crippen LogP) is 4.47. The molecule has 2 nitrogen and oxygen atoms in total. The monoisotopic (exact) mass is 300 g/mol. The number of hydrogen-bond donors (Lipinski definition) is 0. The summed E-state index contributed by atoms with van der Waals surface area (Å²) in [5.41, 5.74) is 1.03. The molecule has 1 fully saturated rings. The fraction of sp³-hybridized carbons (Fsp3) is 0.800. The molecule has 108 valence electrons. The van der Waals surface area contributed by atoms with Crippen molar-refractivity contribution in [3.8, 4) is 0 Å². The van der Waals surface area contributed by atoms with Gasteiger partial charge in [-0.15, -0.1) is 22.9 Å². The molecule has 4 heteroatoms. The second-order valence-corrected chi connectivity index (χ2v) is 6.77. The first-order valence-corrected chi connectivity index (χ1v) is 8.94. The zero-order chi connectivity index (χ0) is 13.5. The van der Waals surface area contributed by atoms with Gasteiger partial charge in [0, 0.05) is 11.4 Å². The van der Waals surface area contributed by atoms with Crippen molar-refractivity contribution in [3.05, 3.63) is 16.1 Å². The van der Waals surface area contributed by atoms with Crippen LogP contribution in [0, 0.1) is 0 Å². The van der Waals surface area contributed by atoms with Crippen LogP contribution < -0.4 is 0 Å². The highest BCUT2D eigenvalue weighted by molar-refractivity contribution is 7.09. The number of rotatable bonds is 6. The van der Waals surface area contributed by atoms with Crippen LogP contribution >= 0.6 is 22.9 Å². The molecule has 1 aromatic rings. The van der Waals surface area contributed by atoms with Crippen molar-refractivity contribution in [2.24, 2.45) is 0 Å². The van der Waals surface area contributed by atoms with Crippen LogP contribution in [0.1, 0.15) is 56.2 Å². The third kappa shape index (κ3) is 5.05. The molecule has 0 spiro atoms. The molecule has 0 amide bonds. The van der Waals surface area contributed by atoms with E-state index < -0.39 is 0 Å². The number of unbranched alkanes of at least 4 members (excludes halogenated alkanes) is 1. The van der Waals surface area contributed by atoms with Gasteiger partial charge >= 0.3 is 0 Å². The van der Waals surface area contributed by atoms with Crippen molar-refractivity contribution in [1.82, 2.24) is 9.88 Å². The zero-order valence-corrected chi connectivity index (χ0v) is 13.5. The summed E-state index contributed by atoms with van der Waals surface area (Å²) in [5, 5.41) is 3.33. The van der Waals surface area contributed by atoms with E-state index in [1.54, 1.807) is 11.3 Å². The molecule has 1 unspecified atom stereocenters. The topological polar surface area (TPSA) is 16.1 Å². The van der Waals surface area contributed by atoms with Gasteiger partial charge in [-0.05, 0) is 52.1 Å². The van der Waals surface area contributed by atoms with Gasteiger partial charge < -0.3 is 4.90 Å². The molecule has 2 heterocycles. The Kier molecular flexibility index (Phi) is 6.62. The molecule has 0 radical (unpaired) electrons. The minimum atomic E-state index is 0.543. The quantitative estimate of drug-likeness (QED) is 0.569. The van der Waals surface area contributed by atoms with E-state index in [0.29, 0.717) is 5.88 Å². The lowest BCUT2D eigenvalue weighted by molar-refractivity contribution is 0.209. The van der Waals surface area contributed by atoms with Gasteiger partial charge in [0.25, 0.3) is 0 Å². The summed E-state index contributed by atoms with van der Waals surface area (Å²) in [4.78, 5) is 7.20. The lowest BCUT2D eigenvalue weighted by atomic mass is 10.1. The molecule has 0 bridgehead atoms. The van der Waals surface area contributed by atoms with Crippen LogP contribution in [0.3, 0.4) is 0 Å². The average molecular weight is 301 g/mol. The number of halogens is 1. The number of thiazole rings is 1. The minimum absolute atomic E-state index is 0.543. The summed E-state index contributed by atoms with van der Waals surface area (Å²) in [5.74, 6) is 0.543. The molecule has 1 aromatic heterocycles. The minimum Gasteiger partial charge on any atom is -0.301 e. The highest BCUT2D eigenvalue weighted by Crippen LogP contribution is 2.18. The molecule has 19 heavy (non-hydrogen) atoms. The van der Waals surface area contributed by atoms with E-state index in [0.717, 1.165) is 18.2 Å². The van der Waals surface area contributed by atoms with Gasteiger partial charge in [0.15, 0.2) is 0 Å². The highest BCUT2D eigenvalue weighted by atomic mass is 35.5. The first-order valence-electron chi connectivity index (χ1n) is 7.53. The Labute approximate surface area is 126 Å². The van der Waals surface area contributed by atoms with Crippen molar-refractivity contribution in [2.75, 3.05) is 13.1 Å². The Morgan fingerprint density at radius 3 is 3.05 bits per heavy atom. The normalized spacial score (nSPS) is 21.5. The Morgan fingerprint density at radius 2 is 2.26 bits per heavy atom. The van der Waals surface area contributed by atoms with E-state index >= 15 is 0 Å². The first-order chi connectivity index (χ1) is 9.29.